The van der Waals surface area contributed by atoms with Gasteiger partial charge in [0, 0.05) is 33.7 Å². The molecule has 0 amide bonds. The highest BCUT2D eigenvalue weighted by atomic mass is 16.3. The summed E-state index contributed by atoms with van der Waals surface area (Å²) in [5.74, 6) is 0. The number of hydrogen-bond acceptors (Lipinski definition) is 3. The molecule has 0 aliphatic rings. The molecule has 0 unspecified atom stereocenters. The van der Waals surface area contributed by atoms with Gasteiger partial charge in [-0.25, -0.2) is 0 Å². The first kappa shape index (κ1) is 22.2. The summed E-state index contributed by atoms with van der Waals surface area (Å²) in [6.45, 7) is 0. The Bertz CT molecular complexity index is 2550. The topological polar surface area (TPSA) is 53.0 Å². The summed E-state index contributed by atoms with van der Waals surface area (Å²) in [6.07, 6.45) is 1.84. The Morgan fingerprint density at radius 1 is 0.488 bits per heavy atom. The highest BCUT2D eigenvalue weighted by Gasteiger charge is 2.19. The van der Waals surface area contributed by atoms with Crippen LogP contribution in [0.25, 0.3) is 77.1 Å². The lowest BCUT2D eigenvalue weighted by Crippen LogP contribution is -2.03. The molecule has 192 valence electrons. The Kier molecular flexibility index (Phi) is 4.41. The van der Waals surface area contributed by atoms with E-state index in [2.05, 4.69) is 75.9 Å². The molecule has 0 radical (unpaired) electrons. The highest BCUT2D eigenvalue weighted by molar-refractivity contribution is 6.18. The van der Waals surface area contributed by atoms with Gasteiger partial charge in [0.05, 0.1) is 38.4 Å². The van der Waals surface area contributed by atoms with Crippen LogP contribution in [0.5, 0.6) is 0 Å². The lowest BCUT2D eigenvalue weighted by molar-refractivity contribution is 0.660. The van der Waals surface area contributed by atoms with Gasteiger partial charge in [0.25, 0.3) is 0 Å². The fraction of sp³-hybridized carbons (Fsp3) is 0. The maximum atomic E-state index is 13.5. The third-order valence-electron chi connectivity index (χ3n) is 8.15. The van der Waals surface area contributed by atoms with Crippen LogP contribution in [-0.4, -0.2) is 14.1 Å². The largest absolute Gasteiger partial charge is 0.456 e. The molecule has 9 aromatic rings. The number of pyridine rings is 1. The number of rotatable bonds is 2. The molecule has 0 aliphatic carbocycles. The van der Waals surface area contributed by atoms with E-state index in [4.69, 9.17) is 9.40 Å². The smallest absolute Gasteiger partial charge is 0.200 e. The van der Waals surface area contributed by atoms with Gasteiger partial charge in [-0.3, -0.25) is 9.78 Å². The van der Waals surface area contributed by atoms with Gasteiger partial charge >= 0.3 is 0 Å². The van der Waals surface area contributed by atoms with Crippen LogP contribution in [0.1, 0.15) is 0 Å². The second-order valence-corrected chi connectivity index (χ2v) is 10.4. The summed E-state index contributed by atoms with van der Waals surface area (Å²) in [4.78, 5) is 18.3. The number of benzene rings is 5. The van der Waals surface area contributed by atoms with Gasteiger partial charge in [0.2, 0.25) is 5.43 Å². The minimum atomic E-state index is -0.0332. The van der Waals surface area contributed by atoms with Gasteiger partial charge in [-0.15, -0.1) is 0 Å². The quantitative estimate of drug-likeness (QED) is 0.212. The molecule has 0 bridgehead atoms. The molecule has 4 heterocycles. The van der Waals surface area contributed by atoms with Crippen LogP contribution >= 0.6 is 0 Å². The van der Waals surface area contributed by atoms with E-state index in [1.807, 2.05) is 60.8 Å². The minimum absolute atomic E-state index is 0.0332. The summed E-state index contributed by atoms with van der Waals surface area (Å²) in [5.41, 5.74) is 8.31. The molecule has 0 saturated heterocycles. The standard InChI is InChI=1S/C36H21N3O2/c40-36-25-12-5-7-15-33(25)41-34-17-16-23(19-28(34)36)39-30-14-8-18-37-35(30)27-20-26-24-11-4-6-13-29(24)38(31(26)21-32(27)39)22-9-2-1-3-10-22/h1-21H. The zero-order valence-corrected chi connectivity index (χ0v) is 21.8. The lowest BCUT2D eigenvalue weighted by Gasteiger charge is -2.11. The van der Waals surface area contributed by atoms with Crippen molar-refractivity contribution in [2.75, 3.05) is 0 Å². The monoisotopic (exact) mass is 527 g/mol. The molecule has 0 spiro atoms. The van der Waals surface area contributed by atoms with Crippen LogP contribution in [0.2, 0.25) is 0 Å². The van der Waals surface area contributed by atoms with Crippen molar-refractivity contribution >= 4 is 65.7 Å². The molecular weight excluding hydrogens is 506 g/mol. The van der Waals surface area contributed by atoms with E-state index in [0.717, 1.165) is 44.3 Å². The van der Waals surface area contributed by atoms with E-state index in [1.54, 1.807) is 0 Å². The van der Waals surface area contributed by atoms with Crippen LogP contribution in [-0.2, 0) is 0 Å². The Hall–Kier alpha value is -5.68. The van der Waals surface area contributed by atoms with Gasteiger partial charge in [-0.2, -0.15) is 0 Å². The van der Waals surface area contributed by atoms with Gasteiger partial charge in [0.1, 0.15) is 11.2 Å². The zero-order valence-electron chi connectivity index (χ0n) is 21.8. The third kappa shape index (κ3) is 3.06. The van der Waals surface area contributed by atoms with E-state index in [9.17, 15) is 4.79 Å². The molecule has 9 rings (SSSR count). The van der Waals surface area contributed by atoms with Crippen molar-refractivity contribution in [1.82, 2.24) is 14.1 Å². The first-order chi connectivity index (χ1) is 20.3. The Morgan fingerprint density at radius 2 is 1.20 bits per heavy atom. The summed E-state index contributed by atoms with van der Waals surface area (Å²) in [6, 6.07) is 40.8. The minimum Gasteiger partial charge on any atom is -0.456 e. The first-order valence-corrected chi connectivity index (χ1v) is 13.6. The Balaban J connectivity index is 1.42. The van der Waals surface area contributed by atoms with Gasteiger partial charge in [0.15, 0.2) is 0 Å². The maximum Gasteiger partial charge on any atom is 0.200 e. The second kappa shape index (κ2) is 8.16. The van der Waals surface area contributed by atoms with Crippen molar-refractivity contribution in [3.63, 3.8) is 0 Å². The van der Waals surface area contributed by atoms with Crippen molar-refractivity contribution in [2.24, 2.45) is 0 Å². The number of hydrogen-bond donors (Lipinski definition) is 0. The predicted octanol–water partition coefficient (Wildman–Crippen LogP) is 8.54. The van der Waals surface area contributed by atoms with Crippen molar-refractivity contribution in [3.05, 3.63) is 138 Å². The summed E-state index contributed by atoms with van der Waals surface area (Å²) in [7, 11) is 0. The molecule has 0 N–H and O–H groups in total. The first-order valence-electron chi connectivity index (χ1n) is 13.6. The van der Waals surface area contributed by atoms with Crippen molar-refractivity contribution in [1.29, 1.82) is 0 Å². The van der Waals surface area contributed by atoms with E-state index >= 15 is 0 Å². The lowest BCUT2D eigenvalue weighted by atomic mass is 10.1. The second-order valence-electron chi connectivity index (χ2n) is 10.4. The summed E-state index contributed by atoms with van der Waals surface area (Å²) >= 11 is 0. The van der Waals surface area contributed by atoms with Crippen molar-refractivity contribution in [2.45, 2.75) is 0 Å². The van der Waals surface area contributed by atoms with E-state index in [1.165, 1.54) is 10.8 Å². The van der Waals surface area contributed by atoms with E-state index < -0.39 is 0 Å². The maximum absolute atomic E-state index is 13.5. The van der Waals surface area contributed by atoms with Crippen LogP contribution in [0.3, 0.4) is 0 Å². The van der Waals surface area contributed by atoms with E-state index in [0.29, 0.717) is 21.9 Å². The molecule has 0 aliphatic heterocycles. The number of nitrogens with zero attached hydrogens (tertiary/aromatic N) is 3. The zero-order chi connectivity index (χ0) is 27.1. The molecule has 41 heavy (non-hydrogen) atoms. The summed E-state index contributed by atoms with van der Waals surface area (Å²) < 4.78 is 10.6. The third-order valence-corrected chi connectivity index (χ3v) is 8.15. The number of aromatic nitrogens is 3. The van der Waals surface area contributed by atoms with Crippen molar-refractivity contribution < 1.29 is 4.42 Å². The average molecular weight is 528 g/mol. The number of fused-ring (bicyclic) bond motifs is 8. The van der Waals surface area contributed by atoms with E-state index in [-0.39, 0.29) is 5.43 Å². The SMILES string of the molecule is O=c1c2ccccc2oc2ccc(-n3c4cc5c(cc4c4ncccc43)c3ccccc3n5-c3ccccc3)cc12. The molecular formula is C36H21N3O2. The van der Waals surface area contributed by atoms with Gasteiger partial charge in [-0.1, -0.05) is 48.5 Å². The summed E-state index contributed by atoms with van der Waals surface area (Å²) in [5, 5.41) is 4.57. The molecule has 5 aromatic carbocycles. The number of para-hydroxylation sites is 3. The van der Waals surface area contributed by atoms with Crippen LogP contribution in [0, 0.1) is 0 Å². The highest BCUT2D eigenvalue weighted by Crippen LogP contribution is 2.39. The normalized spacial score (nSPS) is 12.0. The molecule has 0 atom stereocenters. The van der Waals surface area contributed by atoms with Gasteiger partial charge < -0.3 is 13.6 Å². The Labute approximate surface area is 233 Å². The van der Waals surface area contributed by atoms with Crippen molar-refractivity contribution in [3.8, 4) is 11.4 Å². The molecule has 0 saturated carbocycles. The molecule has 0 fully saturated rings. The predicted molar refractivity (Wildman–Crippen MR) is 166 cm³/mol. The molecule has 4 aromatic heterocycles. The van der Waals surface area contributed by atoms with Crippen LogP contribution in [0.15, 0.2) is 137 Å². The Morgan fingerprint density at radius 3 is 2.10 bits per heavy atom. The fourth-order valence-electron chi connectivity index (χ4n) is 6.36. The molecule has 5 nitrogen and oxygen atoms in total. The average Bonchev–Trinajstić information content (AvgIpc) is 3.52. The van der Waals surface area contributed by atoms with Crippen LogP contribution in [0.4, 0.5) is 0 Å². The molecule has 5 heteroatoms. The van der Waals surface area contributed by atoms with Gasteiger partial charge in [-0.05, 0) is 72.8 Å². The fourth-order valence-corrected chi connectivity index (χ4v) is 6.36. The van der Waals surface area contributed by atoms with Crippen LogP contribution < -0.4 is 5.43 Å².